The molecule has 0 aromatic carbocycles. The predicted octanol–water partition coefficient (Wildman–Crippen LogP) is 0.721. The summed E-state index contributed by atoms with van der Waals surface area (Å²) in [5.74, 6) is 0.131. The van der Waals surface area contributed by atoms with Crippen molar-refractivity contribution < 1.29 is 9.59 Å². The summed E-state index contributed by atoms with van der Waals surface area (Å²) in [5.41, 5.74) is 0.667. The van der Waals surface area contributed by atoms with Gasteiger partial charge in [-0.1, -0.05) is 0 Å². The minimum Gasteiger partial charge on any atom is -0.344 e. The van der Waals surface area contributed by atoms with Crippen molar-refractivity contribution in [2.45, 2.75) is 19.4 Å². The number of hydrogen-bond acceptors (Lipinski definition) is 3. The van der Waals surface area contributed by atoms with Gasteiger partial charge in [0.2, 0.25) is 5.91 Å². The van der Waals surface area contributed by atoms with Crippen LogP contribution in [0.1, 0.15) is 23.2 Å². The molecule has 0 aliphatic heterocycles. The summed E-state index contributed by atoms with van der Waals surface area (Å²) in [6.07, 6.45) is 5.35. The Labute approximate surface area is 99.0 Å². The Morgan fingerprint density at radius 1 is 1.53 bits per heavy atom. The third-order valence-electron chi connectivity index (χ3n) is 2.67. The molecule has 1 aliphatic carbocycles. The number of Topliss-reactive ketones (excluding diaryl/α,β-unsaturated/α-hetero) is 1. The molecule has 1 saturated carbocycles. The molecule has 1 N–H and O–H groups in total. The lowest BCUT2D eigenvalue weighted by Crippen LogP contribution is -2.27. The van der Waals surface area contributed by atoms with E-state index < -0.39 is 0 Å². The highest BCUT2D eigenvalue weighted by Crippen LogP contribution is 2.32. The topological polar surface area (TPSA) is 74.9 Å². The Bertz CT molecular complexity index is 480. The average Bonchev–Trinajstić information content (AvgIpc) is 3.06. The van der Waals surface area contributed by atoms with Crippen molar-refractivity contribution in [3.05, 3.63) is 24.0 Å². The third-order valence-corrected chi connectivity index (χ3v) is 2.67. The van der Waals surface area contributed by atoms with Crippen molar-refractivity contribution in [2.75, 3.05) is 6.54 Å². The SMILES string of the molecule is N#CCNC(=O)Cn1ccc(C(=O)C2CC2)c1. The van der Waals surface area contributed by atoms with Gasteiger partial charge in [0.05, 0.1) is 6.07 Å². The first-order valence-electron chi connectivity index (χ1n) is 5.54. The lowest BCUT2D eigenvalue weighted by molar-refractivity contribution is -0.121. The van der Waals surface area contributed by atoms with Crippen molar-refractivity contribution in [1.82, 2.24) is 9.88 Å². The van der Waals surface area contributed by atoms with Gasteiger partial charge in [-0.25, -0.2) is 0 Å². The lowest BCUT2D eigenvalue weighted by Gasteiger charge is -2.01. The molecule has 1 aromatic rings. The molecule has 1 aromatic heterocycles. The van der Waals surface area contributed by atoms with Crippen LogP contribution in [-0.4, -0.2) is 22.8 Å². The van der Waals surface area contributed by atoms with Crippen LogP contribution in [0.2, 0.25) is 0 Å². The Morgan fingerprint density at radius 2 is 2.29 bits per heavy atom. The minimum absolute atomic E-state index is 0.00790. The Kier molecular flexibility index (Phi) is 3.24. The second-order valence-electron chi connectivity index (χ2n) is 4.15. The lowest BCUT2D eigenvalue weighted by atomic mass is 10.1. The first-order chi connectivity index (χ1) is 8.20. The zero-order chi connectivity index (χ0) is 12.3. The van der Waals surface area contributed by atoms with E-state index >= 15 is 0 Å². The van der Waals surface area contributed by atoms with Gasteiger partial charge in [0.1, 0.15) is 13.1 Å². The van der Waals surface area contributed by atoms with Crippen LogP contribution in [0.25, 0.3) is 0 Å². The molecule has 5 heteroatoms. The van der Waals surface area contributed by atoms with E-state index in [2.05, 4.69) is 5.32 Å². The molecule has 1 heterocycles. The normalized spacial score (nSPS) is 14.1. The van der Waals surface area contributed by atoms with Gasteiger partial charge >= 0.3 is 0 Å². The number of nitrogens with zero attached hydrogens (tertiary/aromatic N) is 2. The summed E-state index contributed by atoms with van der Waals surface area (Å²) in [6, 6.07) is 3.57. The van der Waals surface area contributed by atoms with E-state index in [9.17, 15) is 9.59 Å². The highest BCUT2D eigenvalue weighted by atomic mass is 16.2. The largest absolute Gasteiger partial charge is 0.344 e. The van der Waals surface area contributed by atoms with Gasteiger partial charge in [-0.3, -0.25) is 9.59 Å². The van der Waals surface area contributed by atoms with Gasteiger partial charge in [-0.2, -0.15) is 5.26 Å². The molecule has 0 unspecified atom stereocenters. The molecule has 2 rings (SSSR count). The molecule has 0 bridgehead atoms. The third kappa shape index (κ3) is 2.94. The summed E-state index contributed by atoms with van der Waals surface area (Å²) < 4.78 is 1.66. The monoisotopic (exact) mass is 231 g/mol. The van der Waals surface area contributed by atoms with Gasteiger partial charge in [-0.05, 0) is 18.9 Å². The highest BCUT2D eigenvalue weighted by Gasteiger charge is 2.30. The first kappa shape index (κ1) is 11.4. The second-order valence-corrected chi connectivity index (χ2v) is 4.15. The fourth-order valence-electron chi connectivity index (χ4n) is 1.63. The van der Waals surface area contributed by atoms with Crippen LogP contribution < -0.4 is 5.32 Å². The molecule has 88 valence electrons. The van der Waals surface area contributed by atoms with Crippen LogP contribution in [0.15, 0.2) is 18.5 Å². The molecule has 17 heavy (non-hydrogen) atoms. The summed E-state index contributed by atoms with van der Waals surface area (Å²) in [5, 5.41) is 10.8. The average molecular weight is 231 g/mol. The molecule has 0 spiro atoms. The van der Waals surface area contributed by atoms with Crippen LogP contribution in [0.5, 0.6) is 0 Å². The first-order valence-corrected chi connectivity index (χ1v) is 5.54. The van der Waals surface area contributed by atoms with Gasteiger partial charge in [-0.15, -0.1) is 0 Å². The Balaban J connectivity index is 1.91. The van der Waals surface area contributed by atoms with E-state index in [0.29, 0.717) is 5.56 Å². The molecule has 1 fully saturated rings. The van der Waals surface area contributed by atoms with Gasteiger partial charge < -0.3 is 9.88 Å². The highest BCUT2D eigenvalue weighted by molar-refractivity contribution is 5.99. The van der Waals surface area contributed by atoms with E-state index in [1.165, 1.54) is 0 Å². The van der Waals surface area contributed by atoms with Crippen LogP contribution >= 0.6 is 0 Å². The van der Waals surface area contributed by atoms with E-state index in [-0.39, 0.29) is 30.7 Å². The van der Waals surface area contributed by atoms with Crippen LogP contribution in [0, 0.1) is 17.2 Å². The van der Waals surface area contributed by atoms with Crippen LogP contribution in [0.3, 0.4) is 0 Å². The van der Waals surface area contributed by atoms with Crippen LogP contribution in [0.4, 0.5) is 0 Å². The van der Waals surface area contributed by atoms with Gasteiger partial charge in [0.25, 0.3) is 0 Å². The maximum absolute atomic E-state index is 11.7. The fraction of sp³-hybridized carbons (Fsp3) is 0.417. The fourth-order valence-corrected chi connectivity index (χ4v) is 1.63. The molecule has 0 radical (unpaired) electrons. The molecule has 0 atom stereocenters. The Morgan fingerprint density at radius 3 is 2.94 bits per heavy atom. The summed E-state index contributed by atoms with van der Waals surface area (Å²) in [7, 11) is 0. The van der Waals surface area contributed by atoms with E-state index in [1.807, 2.05) is 6.07 Å². The Hall–Kier alpha value is -2.09. The molecule has 5 nitrogen and oxygen atoms in total. The number of hydrogen-bond donors (Lipinski definition) is 1. The standard InChI is InChI=1S/C12H13N3O2/c13-4-5-14-11(16)8-15-6-3-10(7-15)12(17)9-1-2-9/h3,6-7,9H,1-2,5,8H2,(H,14,16). The van der Waals surface area contributed by atoms with E-state index in [0.717, 1.165) is 12.8 Å². The number of ketones is 1. The summed E-state index contributed by atoms with van der Waals surface area (Å²) >= 11 is 0. The minimum atomic E-state index is -0.229. The number of carbonyl (C=O) groups is 2. The number of carbonyl (C=O) groups excluding carboxylic acids is 2. The van der Waals surface area contributed by atoms with Gasteiger partial charge in [0, 0.05) is 23.9 Å². The maximum Gasteiger partial charge on any atom is 0.240 e. The molecular weight excluding hydrogens is 218 g/mol. The number of nitriles is 1. The molecule has 1 aliphatic rings. The second kappa shape index (κ2) is 4.83. The molecule has 0 saturated heterocycles. The molecule has 1 amide bonds. The van der Waals surface area contributed by atoms with E-state index in [1.54, 1.807) is 23.0 Å². The van der Waals surface area contributed by atoms with Crippen molar-refractivity contribution in [3.63, 3.8) is 0 Å². The summed E-state index contributed by atoms with van der Waals surface area (Å²) in [6.45, 7) is 0.146. The van der Waals surface area contributed by atoms with Gasteiger partial charge in [0.15, 0.2) is 5.78 Å². The van der Waals surface area contributed by atoms with Crippen molar-refractivity contribution >= 4 is 11.7 Å². The molecular formula is C12H13N3O2. The number of nitrogens with one attached hydrogen (secondary N) is 1. The van der Waals surface area contributed by atoms with Crippen molar-refractivity contribution in [3.8, 4) is 6.07 Å². The quantitative estimate of drug-likeness (QED) is 0.599. The smallest absolute Gasteiger partial charge is 0.240 e. The number of rotatable bonds is 5. The maximum atomic E-state index is 11.7. The van der Waals surface area contributed by atoms with Crippen LogP contribution in [-0.2, 0) is 11.3 Å². The van der Waals surface area contributed by atoms with Crippen molar-refractivity contribution in [1.29, 1.82) is 5.26 Å². The van der Waals surface area contributed by atoms with Crippen molar-refractivity contribution in [2.24, 2.45) is 5.92 Å². The number of aromatic nitrogens is 1. The zero-order valence-corrected chi connectivity index (χ0v) is 9.35. The summed E-state index contributed by atoms with van der Waals surface area (Å²) in [4.78, 5) is 23.0. The zero-order valence-electron chi connectivity index (χ0n) is 9.35. The number of amides is 1. The predicted molar refractivity (Wildman–Crippen MR) is 60.1 cm³/mol. The van der Waals surface area contributed by atoms with E-state index in [4.69, 9.17) is 5.26 Å².